The number of alkyl halides is 3. The highest BCUT2D eigenvalue weighted by molar-refractivity contribution is 6.35. The molecule has 0 aliphatic rings. The summed E-state index contributed by atoms with van der Waals surface area (Å²) in [6, 6.07) is 4.70. The van der Waals surface area contributed by atoms with Crippen molar-refractivity contribution in [2.75, 3.05) is 20.2 Å². The third-order valence-electron chi connectivity index (χ3n) is 3.13. The van der Waals surface area contributed by atoms with E-state index in [-0.39, 0.29) is 19.6 Å². The normalized spacial score (nSPS) is 13.6. The summed E-state index contributed by atoms with van der Waals surface area (Å²) in [7, 11) is 1.22. The van der Waals surface area contributed by atoms with Gasteiger partial charge in [0.25, 0.3) is 0 Å². The number of hydrogen-bond acceptors (Lipinski definition) is 5. The van der Waals surface area contributed by atoms with Gasteiger partial charge in [-0.2, -0.15) is 13.2 Å². The SMILES string of the molecule is CN(CCC(COC(C)(C)C)Oc1ccc(Cl)cc1Cl)OC(=O)C(F)(F)F. The molecule has 1 unspecified atom stereocenters. The highest BCUT2D eigenvalue weighted by Gasteiger charge is 2.42. The molecule has 0 spiro atoms. The van der Waals surface area contributed by atoms with Gasteiger partial charge in [-0.15, -0.1) is 5.06 Å². The van der Waals surface area contributed by atoms with Crippen LogP contribution in [0.5, 0.6) is 5.75 Å². The van der Waals surface area contributed by atoms with E-state index in [1.54, 1.807) is 12.1 Å². The number of carbonyl (C=O) groups excluding carboxylic acids is 1. The first-order chi connectivity index (χ1) is 12.3. The molecule has 1 aromatic rings. The van der Waals surface area contributed by atoms with Gasteiger partial charge in [-0.25, -0.2) is 4.79 Å². The van der Waals surface area contributed by atoms with Crippen LogP contribution in [-0.2, 0) is 14.4 Å². The van der Waals surface area contributed by atoms with Crippen LogP contribution in [0, 0.1) is 0 Å². The molecule has 1 atom stereocenters. The van der Waals surface area contributed by atoms with Gasteiger partial charge in [0.05, 0.1) is 17.2 Å². The first-order valence-electron chi connectivity index (χ1n) is 8.04. The maximum absolute atomic E-state index is 12.3. The third kappa shape index (κ3) is 9.51. The first kappa shape index (κ1) is 23.8. The summed E-state index contributed by atoms with van der Waals surface area (Å²) in [5.74, 6) is -1.92. The van der Waals surface area contributed by atoms with Crippen molar-refractivity contribution >= 4 is 29.2 Å². The summed E-state index contributed by atoms with van der Waals surface area (Å²) >= 11 is 11.9. The second kappa shape index (κ2) is 9.82. The lowest BCUT2D eigenvalue weighted by Crippen LogP contribution is -2.36. The molecule has 154 valence electrons. The van der Waals surface area contributed by atoms with Crippen molar-refractivity contribution in [2.24, 2.45) is 0 Å². The molecule has 0 aliphatic carbocycles. The Kier molecular flexibility index (Phi) is 8.66. The van der Waals surface area contributed by atoms with Crippen molar-refractivity contribution in [3.05, 3.63) is 28.2 Å². The van der Waals surface area contributed by atoms with Gasteiger partial charge >= 0.3 is 12.1 Å². The van der Waals surface area contributed by atoms with Crippen LogP contribution >= 0.6 is 23.2 Å². The highest BCUT2D eigenvalue weighted by atomic mass is 35.5. The lowest BCUT2D eigenvalue weighted by atomic mass is 10.2. The van der Waals surface area contributed by atoms with E-state index in [1.807, 2.05) is 20.8 Å². The smallest absolute Gasteiger partial charge is 0.486 e. The number of rotatable bonds is 8. The number of hydrogen-bond donors (Lipinski definition) is 0. The molecule has 0 heterocycles. The third-order valence-corrected chi connectivity index (χ3v) is 3.66. The fourth-order valence-electron chi connectivity index (χ4n) is 1.83. The van der Waals surface area contributed by atoms with E-state index in [0.717, 1.165) is 5.06 Å². The van der Waals surface area contributed by atoms with Gasteiger partial charge in [0.15, 0.2) is 0 Å². The highest BCUT2D eigenvalue weighted by Crippen LogP contribution is 2.29. The molecule has 0 aliphatic heterocycles. The number of nitrogens with zero attached hydrogens (tertiary/aromatic N) is 1. The molecule has 0 N–H and O–H groups in total. The summed E-state index contributed by atoms with van der Waals surface area (Å²) in [4.78, 5) is 15.1. The zero-order valence-electron chi connectivity index (χ0n) is 15.4. The Morgan fingerprint density at radius 3 is 2.37 bits per heavy atom. The molecule has 10 heteroatoms. The fourth-order valence-corrected chi connectivity index (χ4v) is 2.29. The van der Waals surface area contributed by atoms with Crippen molar-refractivity contribution < 1.29 is 32.3 Å². The molecule has 1 rings (SSSR count). The van der Waals surface area contributed by atoms with E-state index in [9.17, 15) is 18.0 Å². The molecule has 0 fully saturated rings. The second-order valence-corrected chi connectivity index (χ2v) is 7.60. The van der Waals surface area contributed by atoms with Crippen LogP contribution in [-0.4, -0.2) is 49.1 Å². The summed E-state index contributed by atoms with van der Waals surface area (Å²) in [6.07, 6.45) is -5.39. The van der Waals surface area contributed by atoms with Gasteiger partial charge in [0.1, 0.15) is 11.9 Å². The predicted molar refractivity (Wildman–Crippen MR) is 96.0 cm³/mol. The number of hydroxylamine groups is 2. The molecule has 5 nitrogen and oxygen atoms in total. The van der Waals surface area contributed by atoms with Crippen molar-refractivity contribution in [1.82, 2.24) is 5.06 Å². The topological polar surface area (TPSA) is 48.0 Å². The first-order valence-corrected chi connectivity index (χ1v) is 8.79. The van der Waals surface area contributed by atoms with Crippen molar-refractivity contribution in [1.29, 1.82) is 0 Å². The van der Waals surface area contributed by atoms with Gasteiger partial charge in [-0.3, -0.25) is 0 Å². The molecule has 0 aromatic heterocycles. The van der Waals surface area contributed by atoms with E-state index in [0.29, 0.717) is 15.8 Å². The Balaban J connectivity index is 2.72. The van der Waals surface area contributed by atoms with E-state index in [4.69, 9.17) is 32.7 Å². The standard InChI is InChI=1S/C17H22Cl2F3NO4/c1-16(2,3)25-10-12(26-14-6-5-11(18)9-13(14)19)7-8-23(4)27-15(24)17(20,21)22/h5-6,9,12H,7-8,10H2,1-4H3. The van der Waals surface area contributed by atoms with Gasteiger partial charge in [0.2, 0.25) is 0 Å². The quantitative estimate of drug-likeness (QED) is 0.547. The molecule has 0 bridgehead atoms. The van der Waals surface area contributed by atoms with E-state index < -0.39 is 23.9 Å². The predicted octanol–water partition coefficient (Wildman–Crippen LogP) is 4.90. The van der Waals surface area contributed by atoms with E-state index in [1.165, 1.54) is 13.1 Å². The minimum Gasteiger partial charge on any atom is -0.486 e. The lowest BCUT2D eigenvalue weighted by molar-refractivity contribution is -0.234. The molecule has 0 saturated carbocycles. The minimum atomic E-state index is -5.06. The van der Waals surface area contributed by atoms with Gasteiger partial charge < -0.3 is 14.3 Å². The maximum atomic E-state index is 12.3. The van der Waals surface area contributed by atoms with Crippen LogP contribution in [0.2, 0.25) is 10.0 Å². The minimum absolute atomic E-state index is 0.00873. The van der Waals surface area contributed by atoms with Gasteiger partial charge in [0, 0.05) is 25.0 Å². The fraction of sp³-hybridized carbons (Fsp3) is 0.588. The summed E-state index contributed by atoms with van der Waals surface area (Å²) in [5, 5.41) is 1.53. The van der Waals surface area contributed by atoms with E-state index in [2.05, 4.69) is 4.84 Å². The molecular weight excluding hydrogens is 410 g/mol. The van der Waals surface area contributed by atoms with Crippen molar-refractivity contribution in [3.8, 4) is 5.75 Å². The van der Waals surface area contributed by atoms with Crippen LogP contribution in [0.15, 0.2) is 18.2 Å². The summed E-state index contributed by atoms with van der Waals surface area (Å²) in [5.41, 5.74) is -0.444. The molecular formula is C17H22Cl2F3NO4. The zero-order chi connectivity index (χ0) is 20.8. The van der Waals surface area contributed by atoms with Gasteiger partial charge in [-0.05, 0) is 39.0 Å². The molecule has 1 aromatic carbocycles. The summed E-state index contributed by atoms with van der Waals surface area (Å²) in [6.45, 7) is 5.72. The second-order valence-electron chi connectivity index (χ2n) is 6.75. The van der Waals surface area contributed by atoms with Gasteiger partial charge in [-0.1, -0.05) is 23.2 Å². The number of ether oxygens (including phenoxy) is 2. The van der Waals surface area contributed by atoms with E-state index >= 15 is 0 Å². The Morgan fingerprint density at radius 1 is 1.22 bits per heavy atom. The Bertz CT molecular complexity index is 636. The maximum Gasteiger partial charge on any atom is 0.492 e. The van der Waals surface area contributed by atoms with Crippen LogP contribution in [0.25, 0.3) is 0 Å². The largest absolute Gasteiger partial charge is 0.492 e. The number of benzene rings is 1. The summed E-state index contributed by atoms with van der Waals surface area (Å²) < 4.78 is 48.3. The Morgan fingerprint density at radius 2 is 1.85 bits per heavy atom. The average Bonchev–Trinajstić information content (AvgIpc) is 2.50. The average molecular weight is 432 g/mol. The zero-order valence-corrected chi connectivity index (χ0v) is 16.9. The molecule has 0 saturated heterocycles. The monoisotopic (exact) mass is 431 g/mol. The number of carbonyl (C=O) groups is 1. The molecule has 27 heavy (non-hydrogen) atoms. The van der Waals surface area contributed by atoms with Crippen LogP contribution in [0.1, 0.15) is 27.2 Å². The van der Waals surface area contributed by atoms with Crippen LogP contribution < -0.4 is 4.74 Å². The molecule has 0 radical (unpaired) electrons. The van der Waals surface area contributed by atoms with Crippen LogP contribution in [0.4, 0.5) is 13.2 Å². The lowest BCUT2D eigenvalue weighted by Gasteiger charge is -2.26. The Labute approximate surface area is 166 Å². The van der Waals surface area contributed by atoms with Crippen molar-refractivity contribution in [3.63, 3.8) is 0 Å². The molecule has 0 amide bonds. The van der Waals surface area contributed by atoms with Crippen molar-refractivity contribution in [2.45, 2.75) is 45.1 Å². The van der Waals surface area contributed by atoms with Crippen LogP contribution in [0.3, 0.4) is 0 Å². The number of halogens is 5. The Hall–Kier alpha value is -1.22.